The van der Waals surface area contributed by atoms with Crippen LogP contribution in [-0.2, 0) is 4.74 Å². The zero-order valence-electron chi connectivity index (χ0n) is 12.2. The second kappa shape index (κ2) is 7.46. The van der Waals surface area contributed by atoms with Crippen LogP contribution in [0.4, 0.5) is 0 Å². The molecule has 2 aliphatic heterocycles. The second-order valence-electron chi connectivity index (χ2n) is 5.78. The molecular formula is C15H30N2O. The number of rotatable bonds is 6. The maximum Gasteiger partial charge on any atom is 0.0580 e. The highest BCUT2D eigenvalue weighted by molar-refractivity contribution is 4.75. The standard InChI is InChI=1S/C15H30N2O/c1-3-14-7-8-15(18-14)6-5-9-17-12-10-16(4-2)11-13-17/h14-15H,3-13H2,1-2H3. The number of nitrogens with zero attached hydrogens (tertiary/aromatic N) is 2. The first-order valence-corrected chi connectivity index (χ1v) is 7.92. The largest absolute Gasteiger partial charge is 0.375 e. The zero-order valence-corrected chi connectivity index (χ0v) is 12.2. The van der Waals surface area contributed by atoms with Gasteiger partial charge >= 0.3 is 0 Å². The van der Waals surface area contributed by atoms with Crippen LogP contribution in [0.25, 0.3) is 0 Å². The highest BCUT2D eigenvalue weighted by atomic mass is 16.5. The molecule has 3 nitrogen and oxygen atoms in total. The lowest BCUT2D eigenvalue weighted by molar-refractivity contribution is 0.0350. The van der Waals surface area contributed by atoms with Crippen LogP contribution >= 0.6 is 0 Å². The van der Waals surface area contributed by atoms with Crippen LogP contribution < -0.4 is 0 Å². The van der Waals surface area contributed by atoms with Crippen LogP contribution in [0.15, 0.2) is 0 Å². The van der Waals surface area contributed by atoms with Gasteiger partial charge in [0.1, 0.15) is 0 Å². The first kappa shape index (κ1) is 14.3. The fraction of sp³-hybridized carbons (Fsp3) is 1.00. The van der Waals surface area contributed by atoms with E-state index in [2.05, 4.69) is 23.6 Å². The summed E-state index contributed by atoms with van der Waals surface area (Å²) in [5, 5.41) is 0. The number of piperazine rings is 1. The summed E-state index contributed by atoms with van der Waals surface area (Å²) in [5.74, 6) is 0. The Hall–Kier alpha value is -0.120. The summed E-state index contributed by atoms with van der Waals surface area (Å²) in [4.78, 5) is 5.17. The van der Waals surface area contributed by atoms with Crippen LogP contribution in [-0.4, -0.2) is 61.3 Å². The summed E-state index contributed by atoms with van der Waals surface area (Å²) in [6.45, 7) is 12.0. The van der Waals surface area contributed by atoms with E-state index in [1.165, 1.54) is 71.4 Å². The molecule has 2 fully saturated rings. The van der Waals surface area contributed by atoms with Crippen molar-refractivity contribution >= 4 is 0 Å². The minimum absolute atomic E-state index is 0.558. The first-order chi connectivity index (χ1) is 8.81. The van der Waals surface area contributed by atoms with Crippen molar-refractivity contribution in [1.29, 1.82) is 0 Å². The molecule has 18 heavy (non-hydrogen) atoms. The Bertz CT molecular complexity index is 227. The molecule has 2 aliphatic rings. The molecule has 2 saturated heterocycles. The van der Waals surface area contributed by atoms with E-state index in [9.17, 15) is 0 Å². The molecule has 2 atom stereocenters. The lowest BCUT2D eigenvalue weighted by Crippen LogP contribution is -2.46. The van der Waals surface area contributed by atoms with Gasteiger partial charge in [-0.1, -0.05) is 13.8 Å². The second-order valence-corrected chi connectivity index (χ2v) is 5.78. The highest BCUT2D eigenvalue weighted by Gasteiger charge is 2.23. The van der Waals surface area contributed by atoms with Crippen molar-refractivity contribution in [2.75, 3.05) is 39.3 Å². The van der Waals surface area contributed by atoms with E-state index in [1.807, 2.05) is 0 Å². The molecule has 0 saturated carbocycles. The molecule has 0 amide bonds. The van der Waals surface area contributed by atoms with Crippen molar-refractivity contribution in [3.05, 3.63) is 0 Å². The number of hydrogen-bond donors (Lipinski definition) is 0. The van der Waals surface area contributed by atoms with Crippen molar-refractivity contribution in [3.8, 4) is 0 Å². The van der Waals surface area contributed by atoms with Gasteiger partial charge in [0.05, 0.1) is 12.2 Å². The molecule has 0 aromatic rings. The molecule has 2 unspecified atom stereocenters. The third-order valence-corrected chi connectivity index (χ3v) is 4.56. The minimum Gasteiger partial charge on any atom is -0.375 e. The summed E-state index contributed by atoms with van der Waals surface area (Å²) >= 11 is 0. The van der Waals surface area contributed by atoms with Crippen LogP contribution in [0.1, 0.15) is 46.0 Å². The molecule has 3 heteroatoms. The van der Waals surface area contributed by atoms with Crippen molar-refractivity contribution in [2.24, 2.45) is 0 Å². The third kappa shape index (κ3) is 4.22. The Morgan fingerprint density at radius 1 is 0.944 bits per heavy atom. The molecule has 0 radical (unpaired) electrons. The first-order valence-electron chi connectivity index (χ1n) is 7.92. The molecule has 0 aromatic carbocycles. The minimum atomic E-state index is 0.558. The third-order valence-electron chi connectivity index (χ3n) is 4.56. The zero-order chi connectivity index (χ0) is 12.8. The van der Waals surface area contributed by atoms with Crippen molar-refractivity contribution in [3.63, 3.8) is 0 Å². The summed E-state index contributed by atoms with van der Waals surface area (Å²) in [5.41, 5.74) is 0. The predicted molar refractivity (Wildman–Crippen MR) is 76.0 cm³/mol. The van der Waals surface area contributed by atoms with Crippen molar-refractivity contribution in [1.82, 2.24) is 9.80 Å². The van der Waals surface area contributed by atoms with Gasteiger partial charge in [-0.15, -0.1) is 0 Å². The van der Waals surface area contributed by atoms with Gasteiger partial charge in [0.25, 0.3) is 0 Å². The molecule has 0 spiro atoms. The van der Waals surface area contributed by atoms with Gasteiger partial charge in [-0.3, -0.25) is 0 Å². The van der Waals surface area contributed by atoms with Gasteiger partial charge in [-0.25, -0.2) is 0 Å². The average Bonchev–Trinajstić information content (AvgIpc) is 2.87. The summed E-state index contributed by atoms with van der Waals surface area (Å²) in [7, 11) is 0. The van der Waals surface area contributed by atoms with Gasteiger partial charge in [0, 0.05) is 26.2 Å². The Labute approximate surface area is 112 Å². The van der Waals surface area contributed by atoms with Gasteiger partial charge in [0.2, 0.25) is 0 Å². The van der Waals surface area contributed by atoms with E-state index in [0.717, 1.165) is 0 Å². The van der Waals surface area contributed by atoms with Crippen LogP contribution in [0.2, 0.25) is 0 Å². The summed E-state index contributed by atoms with van der Waals surface area (Å²) in [6.07, 6.45) is 7.47. The van der Waals surface area contributed by atoms with Crippen LogP contribution in [0.5, 0.6) is 0 Å². The van der Waals surface area contributed by atoms with Crippen molar-refractivity contribution in [2.45, 2.75) is 58.2 Å². The maximum atomic E-state index is 6.01. The molecule has 0 aromatic heterocycles. The average molecular weight is 254 g/mol. The van der Waals surface area contributed by atoms with E-state index < -0.39 is 0 Å². The number of likely N-dealkylation sites (N-methyl/N-ethyl adjacent to an activating group) is 1. The molecule has 2 heterocycles. The van der Waals surface area contributed by atoms with E-state index in [0.29, 0.717) is 12.2 Å². The Morgan fingerprint density at radius 2 is 1.61 bits per heavy atom. The van der Waals surface area contributed by atoms with E-state index in [-0.39, 0.29) is 0 Å². The molecule has 0 aliphatic carbocycles. The summed E-state index contributed by atoms with van der Waals surface area (Å²) < 4.78 is 6.01. The monoisotopic (exact) mass is 254 g/mol. The Kier molecular flexibility index (Phi) is 5.93. The van der Waals surface area contributed by atoms with E-state index in [4.69, 9.17) is 4.74 Å². The molecule has 106 valence electrons. The Morgan fingerprint density at radius 3 is 2.22 bits per heavy atom. The molecular weight excluding hydrogens is 224 g/mol. The van der Waals surface area contributed by atoms with E-state index >= 15 is 0 Å². The lowest BCUT2D eigenvalue weighted by atomic mass is 10.1. The normalized spacial score (nSPS) is 31.0. The van der Waals surface area contributed by atoms with Crippen molar-refractivity contribution < 1.29 is 4.74 Å². The van der Waals surface area contributed by atoms with Crippen LogP contribution in [0, 0.1) is 0 Å². The van der Waals surface area contributed by atoms with Crippen LogP contribution in [0.3, 0.4) is 0 Å². The number of hydrogen-bond acceptors (Lipinski definition) is 3. The molecule has 0 N–H and O–H groups in total. The van der Waals surface area contributed by atoms with E-state index in [1.54, 1.807) is 0 Å². The highest BCUT2D eigenvalue weighted by Crippen LogP contribution is 2.24. The van der Waals surface area contributed by atoms with Gasteiger partial charge in [-0.2, -0.15) is 0 Å². The number of ether oxygens (including phenoxy) is 1. The lowest BCUT2D eigenvalue weighted by Gasteiger charge is -2.34. The SMILES string of the molecule is CCC1CCC(CCCN2CCN(CC)CC2)O1. The maximum absolute atomic E-state index is 6.01. The fourth-order valence-corrected chi connectivity index (χ4v) is 3.16. The smallest absolute Gasteiger partial charge is 0.0580 e. The molecule has 2 rings (SSSR count). The quantitative estimate of drug-likeness (QED) is 0.724. The molecule has 0 bridgehead atoms. The van der Waals surface area contributed by atoms with Gasteiger partial charge < -0.3 is 14.5 Å². The fourth-order valence-electron chi connectivity index (χ4n) is 3.16. The summed E-state index contributed by atoms with van der Waals surface area (Å²) in [6, 6.07) is 0. The van der Waals surface area contributed by atoms with Gasteiger partial charge in [-0.05, 0) is 45.2 Å². The topological polar surface area (TPSA) is 15.7 Å². The Balaban J connectivity index is 1.54. The van der Waals surface area contributed by atoms with Gasteiger partial charge in [0.15, 0.2) is 0 Å². The predicted octanol–water partition coefficient (Wildman–Crippen LogP) is 2.36.